The van der Waals surface area contributed by atoms with Crippen molar-refractivity contribution in [2.75, 3.05) is 36.9 Å². The molecule has 0 saturated carbocycles. The molecule has 0 spiro atoms. The number of sulfonamides is 1. The Labute approximate surface area is 156 Å². The number of fused-ring (bicyclic) bond motifs is 1. The van der Waals surface area contributed by atoms with E-state index < -0.39 is 21.7 Å². The summed E-state index contributed by atoms with van der Waals surface area (Å²) in [7, 11) is -3.58. The molecule has 0 radical (unpaired) electrons. The molecule has 0 atom stereocenters. The number of hydrogen-bond acceptors (Lipinski definition) is 5. The second kappa shape index (κ2) is 7.83. The van der Waals surface area contributed by atoms with Crippen LogP contribution in [-0.4, -0.2) is 46.9 Å². The maximum Gasteiger partial charge on any atom is 0.251 e. The molecule has 0 aromatic heterocycles. The van der Waals surface area contributed by atoms with Gasteiger partial charge in [-0.1, -0.05) is 0 Å². The Balaban J connectivity index is 1.69. The molecule has 7 nitrogen and oxygen atoms in total. The molecule has 1 heterocycles. The first-order chi connectivity index (χ1) is 12.8. The molecule has 1 aliphatic heterocycles. The minimum atomic E-state index is -3.58. The Morgan fingerprint density at radius 2 is 1.78 bits per heavy atom. The Bertz CT molecular complexity index is 931. The van der Waals surface area contributed by atoms with Crippen molar-refractivity contribution in [2.45, 2.75) is 0 Å². The molecule has 2 aromatic rings. The van der Waals surface area contributed by atoms with Gasteiger partial charge in [0.1, 0.15) is 19.0 Å². The van der Waals surface area contributed by atoms with Gasteiger partial charge in [0, 0.05) is 18.2 Å². The SMILES string of the molecule is CS(=O)(=O)N(CCNC(=O)c1ccc(F)cc1)c1ccc2c(c1)OCCO2. The van der Waals surface area contributed by atoms with E-state index in [1.54, 1.807) is 18.2 Å². The van der Waals surface area contributed by atoms with Crippen molar-refractivity contribution < 1.29 is 27.1 Å². The van der Waals surface area contributed by atoms with Gasteiger partial charge in [-0.05, 0) is 36.4 Å². The Morgan fingerprint density at radius 3 is 2.44 bits per heavy atom. The summed E-state index contributed by atoms with van der Waals surface area (Å²) in [6.07, 6.45) is 1.09. The van der Waals surface area contributed by atoms with E-state index in [9.17, 15) is 17.6 Å². The topological polar surface area (TPSA) is 84.9 Å². The quantitative estimate of drug-likeness (QED) is 0.808. The van der Waals surface area contributed by atoms with Gasteiger partial charge in [-0.2, -0.15) is 0 Å². The maximum atomic E-state index is 12.9. The van der Waals surface area contributed by atoms with Gasteiger partial charge in [-0.3, -0.25) is 9.10 Å². The normalized spacial score (nSPS) is 13.1. The van der Waals surface area contributed by atoms with E-state index in [-0.39, 0.29) is 13.1 Å². The maximum absolute atomic E-state index is 12.9. The predicted molar refractivity (Wildman–Crippen MR) is 98.4 cm³/mol. The van der Waals surface area contributed by atoms with Crippen LogP contribution in [0.25, 0.3) is 0 Å². The van der Waals surface area contributed by atoms with Crippen LogP contribution in [0.5, 0.6) is 11.5 Å². The fourth-order valence-electron chi connectivity index (χ4n) is 2.65. The number of nitrogens with zero attached hydrogens (tertiary/aromatic N) is 1. The molecule has 0 fully saturated rings. The van der Waals surface area contributed by atoms with E-state index in [0.717, 1.165) is 6.26 Å². The summed E-state index contributed by atoms with van der Waals surface area (Å²) in [5.41, 5.74) is 0.708. The zero-order valence-corrected chi connectivity index (χ0v) is 15.5. The first-order valence-corrected chi connectivity index (χ1v) is 10.1. The van der Waals surface area contributed by atoms with Gasteiger partial charge in [0.25, 0.3) is 5.91 Å². The van der Waals surface area contributed by atoms with E-state index in [4.69, 9.17) is 9.47 Å². The highest BCUT2D eigenvalue weighted by atomic mass is 32.2. The second-order valence-corrected chi connectivity index (χ2v) is 7.83. The van der Waals surface area contributed by atoms with Crippen LogP contribution in [0, 0.1) is 5.82 Å². The number of ether oxygens (including phenoxy) is 2. The van der Waals surface area contributed by atoms with Crippen LogP contribution in [0.3, 0.4) is 0 Å². The second-order valence-electron chi connectivity index (χ2n) is 5.93. The lowest BCUT2D eigenvalue weighted by molar-refractivity contribution is 0.0955. The van der Waals surface area contributed by atoms with Crippen molar-refractivity contribution in [1.82, 2.24) is 5.32 Å². The van der Waals surface area contributed by atoms with Crippen molar-refractivity contribution in [3.8, 4) is 11.5 Å². The predicted octanol–water partition coefficient (Wildman–Crippen LogP) is 1.79. The average Bonchev–Trinajstić information content (AvgIpc) is 2.64. The van der Waals surface area contributed by atoms with Crippen molar-refractivity contribution in [2.24, 2.45) is 0 Å². The third kappa shape index (κ3) is 4.68. The Morgan fingerprint density at radius 1 is 1.11 bits per heavy atom. The highest BCUT2D eigenvalue weighted by Crippen LogP contribution is 2.34. The standard InChI is InChI=1S/C18H19FN2O5S/c1-27(23,24)21(15-6-7-16-17(12-15)26-11-10-25-16)9-8-20-18(22)13-2-4-14(19)5-3-13/h2-7,12H,8-11H2,1H3,(H,20,22). The van der Waals surface area contributed by atoms with Gasteiger partial charge < -0.3 is 14.8 Å². The molecule has 0 unspecified atom stereocenters. The molecule has 0 saturated heterocycles. The van der Waals surface area contributed by atoms with Crippen molar-refractivity contribution in [3.63, 3.8) is 0 Å². The third-order valence-corrected chi connectivity index (χ3v) is 5.11. The summed E-state index contributed by atoms with van der Waals surface area (Å²) >= 11 is 0. The zero-order valence-electron chi connectivity index (χ0n) is 14.6. The largest absolute Gasteiger partial charge is 0.486 e. The van der Waals surface area contributed by atoms with Crippen LogP contribution >= 0.6 is 0 Å². The summed E-state index contributed by atoms with van der Waals surface area (Å²) in [5, 5.41) is 2.63. The zero-order chi connectivity index (χ0) is 19.4. The van der Waals surface area contributed by atoms with Gasteiger partial charge in [0.15, 0.2) is 11.5 Å². The lowest BCUT2D eigenvalue weighted by Gasteiger charge is -2.25. The van der Waals surface area contributed by atoms with Crippen LogP contribution in [0.15, 0.2) is 42.5 Å². The summed E-state index contributed by atoms with van der Waals surface area (Å²) < 4.78 is 49.4. The molecule has 3 rings (SSSR count). The number of amides is 1. The Kier molecular flexibility index (Phi) is 5.50. The molecule has 27 heavy (non-hydrogen) atoms. The van der Waals surface area contributed by atoms with Gasteiger partial charge in [-0.25, -0.2) is 12.8 Å². The lowest BCUT2D eigenvalue weighted by atomic mass is 10.2. The minimum absolute atomic E-state index is 0.0331. The Hall–Kier alpha value is -2.81. The fourth-order valence-corrected chi connectivity index (χ4v) is 3.57. The number of nitrogens with one attached hydrogen (secondary N) is 1. The molecule has 0 bridgehead atoms. The molecule has 144 valence electrons. The average molecular weight is 394 g/mol. The highest BCUT2D eigenvalue weighted by molar-refractivity contribution is 7.92. The van der Waals surface area contributed by atoms with Gasteiger partial charge in [0.2, 0.25) is 10.0 Å². The summed E-state index contributed by atoms with van der Waals surface area (Å²) in [6.45, 7) is 0.948. The van der Waals surface area contributed by atoms with Crippen molar-refractivity contribution in [1.29, 1.82) is 0 Å². The number of anilines is 1. The monoisotopic (exact) mass is 394 g/mol. The van der Waals surface area contributed by atoms with Crippen molar-refractivity contribution in [3.05, 3.63) is 53.8 Å². The van der Waals surface area contributed by atoms with E-state index >= 15 is 0 Å². The number of benzene rings is 2. The molecular formula is C18H19FN2O5S. The summed E-state index contributed by atoms with van der Waals surface area (Å²) in [4.78, 5) is 12.1. The number of carbonyl (C=O) groups excluding carboxylic acids is 1. The minimum Gasteiger partial charge on any atom is -0.486 e. The number of halogens is 1. The van der Waals surface area contributed by atoms with E-state index in [1.165, 1.54) is 28.6 Å². The highest BCUT2D eigenvalue weighted by Gasteiger charge is 2.21. The molecule has 2 aromatic carbocycles. The van der Waals surface area contributed by atoms with E-state index in [0.29, 0.717) is 36.0 Å². The molecule has 1 aliphatic rings. The van der Waals surface area contributed by atoms with E-state index in [1.807, 2.05) is 0 Å². The molecule has 9 heteroatoms. The number of carbonyl (C=O) groups is 1. The first kappa shape index (κ1) is 19.0. The fraction of sp³-hybridized carbons (Fsp3) is 0.278. The van der Waals surface area contributed by atoms with Gasteiger partial charge in [0.05, 0.1) is 18.5 Å². The van der Waals surface area contributed by atoms with Gasteiger partial charge >= 0.3 is 0 Å². The number of hydrogen-bond donors (Lipinski definition) is 1. The molecule has 1 N–H and O–H groups in total. The smallest absolute Gasteiger partial charge is 0.251 e. The van der Waals surface area contributed by atoms with Crippen molar-refractivity contribution >= 4 is 21.6 Å². The van der Waals surface area contributed by atoms with Crippen LogP contribution in [-0.2, 0) is 10.0 Å². The summed E-state index contributed by atoms with van der Waals surface area (Å²) in [6, 6.07) is 9.96. The summed E-state index contributed by atoms with van der Waals surface area (Å²) in [5.74, 6) is 0.185. The van der Waals surface area contributed by atoms with E-state index in [2.05, 4.69) is 5.32 Å². The van der Waals surface area contributed by atoms with Crippen LogP contribution < -0.4 is 19.1 Å². The van der Waals surface area contributed by atoms with Gasteiger partial charge in [-0.15, -0.1) is 0 Å². The van der Waals surface area contributed by atoms with Crippen LogP contribution in [0.1, 0.15) is 10.4 Å². The molecule has 0 aliphatic carbocycles. The third-order valence-electron chi connectivity index (χ3n) is 3.92. The van der Waals surface area contributed by atoms with Crippen LogP contribution in [0.2, 0.25) is 0 Å². The first-order valence-electron chi connectivity index (χ1n) is 8.26. The lowest BCUT2D eigenvalue weighted by Crippen LogP contribution is -2.38. The van der Waals surface area contributed by atoms with Crippen LogP contribution in [0.4, 0.5) is 10.1 Å². The number of rotatable bonds is 6. The molecular weight excluding hydrogens is 375 g/mol. The molecule has 1 amide bonds.